The summed E-state index contributed by atoms with van der Waals surface area (Å²) in [4.78, 5) is 27.5. The fraction of sp³-hybridized carbons (Fsp3) is 0.857. The topological polar surface area (TPSA) is 52.7 Å². The zero-order chi connectivity index (χ0) is 14.3. The lowest BCUT2D eigenvalue weighted by Gasteiger charge is -2.27. The average molecular weight is 269 g/mol. The van der Waals surface area contributed by atoms with Gasteiger partial charge in [0.25, 0.3) is 0 Å². The maximum absolute atomic E-state index is 12.5. The van der Waals surface area contributed by atoms with Gasteiger partial charge in [0.2, 0.25) is 11.8 Å². The van der Waals surface area contributed by atoms with Crippen LogP contribution in [-0.4, -0.2) is 61.4 Å². The molecule has 0 aromatic carbocycles. The minimum atomic E-state index is -0.107. The highest BCUT2D eigenvalue weighted by Gasteiger charge is 2.26. The molecule has 0 spiro atoms. The van der Waals surface area contributed by atoms with Crippen LogP contribution in [0, 0.1) is 0 Å². The third-order valence-electron chi connectivity index (χ3n) is 3.49. The number of carbonyl (C=O) groups is 2. The highest BCUT2D eigenvalue weighted by Crippen LogP contribution is 2.11. The van der Waals surface area contributed by atoms with E-state index in [-0.39, 0.29) is 24.4 Å². The molecule has 1 aliphatic rings. The molecular formula is C14H27N3O2. The van der Waals surface area contributed by atoms with Gasteiger partial charge in [0.15, 0.2) is 0 Å². The van der Waals surface area contributed by atoms with Gasteiger partial charge in [-0.1, -0.05) is 19.8 Å². The molecule has 1 N–H and O–H groups in total. The molecule has 0 aliphatic carbocycles. The van der Waals surface area contributed by atoms with Crippen LogP contribution < -0.4 is 5.32 Å². The average Bonchev–Trinajstić information content (AvgIpc) is 2.66. The second-order valence-electron chi connectivity index (χ2n) is 5.40. The van der Waals surface area contributed by atoms with Gasteiger partial charge in [0.1, 0.15) is 0 Å². The monoisotopic (exact) mass is 269 g/mol. The Morgan fingerprint density at radius 2 is 1.95 bits per heavy atom. The van der Waals surface area contributed by atoms with E-state index in [1.807, 2.05) is 6.92 Å². The molecule has 0 aromatic heterocycles. The molecule has 1 rings (SSSR count). The van der Waals surface area contributed by atoms with Gasteiger partial charge in [-0.2, -0.15) is 0 Å². The van der Waals surface area contributed by atoms with Crippen LogP contribution in [0.25, 0.3) is 0 Å². The normalized spacial score (nSPS) is 19.6. The molecule has 1 aliphatic heterocycles. The van der Waals surface area contributed by atoms with Crippen molar-refractivity contribution < 1.29 is 9.59 Å². The van der Waals surface area contributed by atoms with Gasteiger partial charge in [-0.05, 0) is 25.8 Å². The zero-order valence-corrected chi connectivity index (χ0v) is 12.4. The fourth-order valence-corrected chi connectivity index (χ4v) is 2.30. The van der Waals surface area contributed by atoms with E-state index in [2.05, 4.69) is 5.32 Å². The Hall–Kier alpha value is -1.10. The number of amides is 2. The Morgan fingerprint density at radius 3 is 2.58 bits per heavy atom. The Morgan fingerprint density at radius 1 is 1.21 bits per heavy atom. The molecule has 5 nitrogen and oxygen atoms in total. The van der Waals surface area contributed by atoms with Gasteiger partial charge in [-0.25, -0.2) is 0 Å². The lowest BCUT2D eigenvalue weighted by Crippen LogP contribution is -2.49. The number of carbonyl (C=O) groups excluding carboxylic acids is 2. The first-order valence-electron chi connectivity index (χ1n) is 7.28. The van der Waals surface area contributed by atoms with E-state index < -0.39 is 0 Å². The number of hydrogen-bond acceptors (Lipinski definition) is 3. The fourth-order valence-electron chi connectivity index (χ4n) is 2.30. The van der Waals surface area contributed by atoms with Crippen LogP contribution in [-0.2, 0) is 9.59 Å². The highest BCUT2D eigenvalue weighted by molar-refractivity contribution is 5.87. The first-order chi connectivity index (χ1) is 9.06. The van der Waals surface area contributed by atoms with E-state index in [4.69, 9.17) is 0 Å². The molecule has 1 heterocycles. The second kappa shape index (κ2) is 8.15. The van der Waals surface area contributed by atoms with E-state index in [0.29, 0.717) is 6.54 Å². The third kappa shape index (κ3) is 5.19. The van der Waals surface area contributed by atoms with Crippen molar-refractivity contribution in [3.05, 3.63) is 0 Å². The first kappa shape index (κ1) is 16.0. The second-order valence-corrected chi connectivity index (χ2v) is 5.40. The van der Waals surface area contributed by atoms with E-state index in [1.165, 1.54) is 11.3 Å². The summed E-state index contributed by atoms with van der Waals surface area (Å²) in [6, 6.07) is -0.107. The van der Waals surface area contributed by atoms with Crippen LogP contribution in [0.15, 0.2) is 0 Å². The van der Waals surface area contributed by atoms with Crippen molar-refractivity contribution in [3.63, 3.8) is 0 Å². The Balaban J connectivity index is 2.62. The molecule has 1 unspecified atom stereocenters. The van der Waals surface area contributed by atoms with Crippen LogP contribution in [0.3, 0.4) is 0 Å². The Bertz CT molecular complexity index is 297. The summed E-state index contributed by atoms with van der Waals surface area (Å²) < 4.78 is 0. The maximum atomic E-state index is 12.5. The lowest BCUT2D eigenvalue weighted by atomic mass is 10.1. The van der Waals surface area contributed by atoms with Crippen LogP contribution in [0.5, 0.6) is 0 Å². The maximum Gasteiger partial charge on any atom is 0.241 e. The van der Waals surface area contributed by atoms with Crippen LogP contribution in [0.2, 0.25) is 0 Å². The van der Waals surface area contributed by atoms with Crippen LogP contribution in [0.4, 0.5) is 0 Å². The predicted octanol–water partition coefficient (Wildman–Crippen LogP) is 0.845. The number of hydrogen-bond donors (Lipinski definition) is 1. The molecule has 1 atom stereocenters. The molecule has 0 bridgehead atoms. The SMILES string of the molecule is CCCN(CC(=O)N(C)C)C(=O)C1CCCCCN1. The summed E-state index contributed by atoms with van der Waals surface area (Å²) in [5.41, 5.74) is 0. The molecule has 110 valence electrons. The molecule has 2 amide bonds. The quantitative estimate of drug-likeness (QED) is 0.805. The molecule has 1 saturated heterocycles. The summed E-state index contributed by atoms with van der Waals surface area (Å²) in [5.74, 6) is 0.0642. The van der Waals surface area contributed by atoms with Crippen molar-refractivity contribution in [3.8, 4) is 0 Å². The first-order valence-corrected chi connectivity index (χ1v) is 7.28. The number of rotatable bonds is 5. The largest absolute Gasteiger partial charge is 0.347 e. The summed E-state index contributed by atoms with van der Waals surface area (Å²) in [6.07, 6.45) is 5.16. The minimum Gasteiger partial charge on any atom is -0.347 e. The molecule has 19 heavy (non-hydrogen) atoms. The summed E-state index contributed by atoms with van der Waals surface area (Å²) in [7, 11) is 3.45. The van der Waals surface area contributed by atoms with E-state index in [9.17, 15) is 9.59 Å². The summed E-state index contributed by atoms with van der Waals surface area (Å²) in [5, 5.41) is 3.31. The van der Waals surface area contributed by atoms with Crippen LogP contribution in [0.1, 0.15) is 39.0 Å². The van der Waals surface area contributed by atoms with Gasteiger partial charge in [-0.15, -0.1) is 0 Å². The van der Waals surface area contributed by atoms with Crippen LogP contribution >= 0.6 is 0 Å². The molecule has 0 saturated carbocycles. The molecule has 0 aromatic rings. The number of nitrogens with zero attached hydrogens (tertiary/aromatic N) is 2. The standard InChI is InChI=1S/C14H27N3O2/c1-4-10-17(11-13(18)16(2)3)14(19)12-8-6-5-7-9-15-12/h12,15H,4-11H2,1-3H3. The third-order valence-corrected chi connectivity index (χ3v) is 3.49. The molecule has 5 heteroatoms. The van der Waals surface area contributed by atoms with E-state index in [1.54, 1.807) is 19.0 Å². The van der Waals surface area contributed by atoms with Gasteiger partial charge in [0.05, 0.1) is 12.6 Å². The number of likely N-dealkylation sites (N-methyl/N-ethyl adjacent to an activating group) is 1. The van der Waals surface area contributed by atoms with Crippen molar-refractivity contribution in [1.82, 2.24) is 15.1 Å². The minimum absolute atomic E-state index is 0.0181. The zero-order valence-electron chi connectivity index (χ0n) is 12.4. The van der Waals surface area contributed by atoms with E-state index in [0.717, 1.165) is 32.2 Å². The van der Waals surface area contributed by atoms with Gasteiger partial charge in [0, 0.05) is 20.6 Å². The van der Waals surface area contributed by atoms with Crippen molar-refractivity contribution in [2.45, 2.75) is 45.1 Å². The van der Waals surface area contributed by atoms with Gasteiger partial charge >= 0.3 is 0 Å². The predicted molar refractivity (Wildman–Crippen MR) is 75.8 cm³/mol. The molecule has 1 fully saturated rings. The van der Waals surface area contributed by atoms with Crippen molar-refractivity contribution >= 4 is 11.8 Å². The van der Waals surface area contributed by atoms with Crippen molar-refractivity contribution in [1.29, 1.82) is 0 Å². The van der Waals surface area contributed by atoms with Gasteiger partial charge < -0.3 is 15.1 Å². The van der Waals surface area contributed by atoms with Crippen molar-refractivity contribution in [2.24, 2.45) is 0 Å². The summed E-state index contributed by atoms with van der Waals surface area (Å²) in [6.45, 7) is 3.77. The highest BCUT2D eigenvalue weighted by atomic mass is 16.2. The smallest absolute Gasteiger partial charge is 0.241 e. The number of nitrogens with one attached hydrogen (secondary N) is 1. The van der Waals surface area contributed by atoms with Crippen molar-refractivity contribution in [2.75, 3.05) is 33.7 Å². The Kier molecular flexibility index (Phi) is 6.84. The van der Waals surface area contributed by atoms with E-state index >= 15 is 0 Å². The van der Waals surface area contributed by atoms with Gasteiger partial charge in [-0.3, -0.25) is 9.59 Å². The molecular weight excluding hydrogens is 242 g/mol. The summed E-state index contributed by atoms with van der Waals surface area (Å²) >= 11 is 0. The lowest BCUT2D eigenvalue weighted by molar-refractivity contribution is -0.140. The Labute approximate surface area is 116 Å². The molecule has 0 radical (unpaired) electrons.